The van der Waals surface area contributed by atoms with Crippen molar-refractivity contribution < 1.29 is 27.0 Å². The third-order valence-corrected chi connectivity index (χ3v) is 4.93. The smallest absolute Gasteiger partial charge is 0.416 e. The van der Waals surface area contributed by atoms with Crippen LogP contribution in [-0.2, 0) is 23.9 Å². The highest BCUT2D eigenvalue weighted by Gasteiger charge is 2.32. The van der Waals surface area contributed by atoms with Crippen LogP contribution in [0.3, 0.4) is 0 Å². The Morgan fingerprint density at radius 3 is 2.74 bits per heavy atom. The Morgan fingerprint density at radius 2 is 1.93 bits per heavy atom. The Morgan fingerprint density at radius 1 is 1.07 bits per heavy atom. The van der Waals surface area contributed by atoms with Crippen molar-refractivity contribution in [1.29, 1.82) is 0 Å². The van der Waals surface area contributed by atoms with Crippen LogP contribution in [-0.4, -0.2) is 31.2 Å². The summed E-state index contributed by atoms with van der Waals surface area (Å²) in [6.07, 6.45) is -3.86. The van der Waals surface area contributed by atoms with E-state index in [1.54, 1.807) is 0 Å². The average Bonchev–Trinajstić information content (AvgIpc) is 3.08. The second-order valence-corrected chi connectivity index (χ2v) is 6.91. The molecule has 3 nitrogen and oxygen atoms in total. The van der Waals surface area contributed by atoms with Crippen molar-refractivity contribution in [3.05, 3.63) is 64.5 Å². The van der Waals surface area contributed by atoms with E-state index in [1.165, 1.54) is 0 Å². The van der Waals surface area contributed by atoms with Crippen LogP contribution in [0.25, 0.3) is 0 Å². The van der Waals surface area contributed by atoms with E-state index in [1.807, 2.05) is 17.0 Å². The molecule has 2 aliphatic heterocycles. The lowest BCUT2D eigenvalue weighted by molar-refractivity contribution is -0.137. The van der Waals surface area contributed by atoms with Crippen molar-refractivity contribution >= 4 is 0 Å². The lowest BCUT2D eigenvalue weighted by Gasteiger charge is -2.33. The zero-order valence-electron chi connectivity index (χ0n) is 14.6. The number of benzene rings is 2. The predicted octanol–water partition coefficient (Wildman–Crippen LogP) is 4.35. The van der Waals surface area contributed by atoms with Crippen LogP contribution in [0.15, 0.2) is 36.4 Å². The van der Waals surface area contributed by atoms with E-state index in [-0.39, 0.29) is 12.6 Å². The molecule has 1 saturated heterocycles. The SMILES string of the molecule is Fc1cc(CN2CCOC(c3ccc4c(c3)CCO4)C2)cc(C(F)(F)F)c1. The number of fused-ring (bicyclic) bond motifs is 1. The first-order valence-corrected chi connectivity index (χ1v) is 8.85. The number of halogens is 4. The first kappa shape index (κ1) is 18.3. The van der Waals surface area contributed by atoms with Crippen molar-refractivity contribution in [2.75, 3.05) is 26.3 Å². The van der Waals surface area contributed by atoms with Gasteiger partial charge in [-0.05, 0) is 47.0 Å². The third-order valence-electron chi connectivity index (χ3n) is 4.93. The molecule has 4 rings (SSSR count). The topological polar surface area (TPSA) is 21.7 Å². The molecule has 1 atom stereocenters. The second kappa shape index (κ2) is 7.13. The van der Waals surface area contributed by atoms with Gasteiger partial charge in [0.1, 0.15) is 11.6 Å². The van der Waals surface area contributed by atoms with Crippen LogP contribution < -0.4 is 4.74 Å². The molecule has 7 heteroatoms. The van der Waals surface area contributed by atoms with E-state index in [9.17, 15) is 17.6 Å². The number of alkyl halides is 3. The summed E-state index contributed by atoms with van der Waals surface area (Å²) < 4.78 is 63.7. The second-order valence-electron chi connectivity index (χ2n) is 6.91. The van der Waals surface area contributed by atoms with Crippen molar-refractivity contribution in [2.24, 2.45) is 0 Å². The highest BCUT2D eigenvalue weighted by Crippen LogP contribution is 2.32. The van der Waals surface area contributed by atoms with Crippen molar-refractivity contribution in [1.82, 2.24) is 4.90 Å². The zero-order chi connectivity index (χ0) is 19.0. The third kappa shape index (κ3) is 4.09. The number of morpholine rings is 1. The van der Waals surface area contributed by atoms with Crippen LogP contribution in [0.4, 0.5) is 17.6 Å². The Hall–Kier alpha value is -2.12. The molecular formula is C20H19F4NO2. The fourth-order valence-corrected chi connectivity index (χ4v) is 3.62. The Kier molecular flexibility index (Phi) is 4.82. The average molecular weight is 381 g/mol. The molecular weight excluding hydrogens is 362 g/mol. The predicted molar refractivity (Wildman–Crippen MR) is 91.0 cm³/mol. The fraction of sp³-hybridized carbons (Fsp3) is 0.400. The molecule has 0 bridgehead atoms. The lowest BCUT2D eigenvalue weighted by Crippen LogP contribution is -2.37. The molecule has 0 N–H and O–H groups in total. The first-order valence-electron chi connectivity index (χ1n) is 8.85. The molecule has 2 aliphatic rings. The van der Waals surface area contributed by atoms with Gasteiger partial charge in [0.05, 0.1) is 24.9 Å². The summed E-state index contributed by atoms with van der Waals surface area (Å²) in [6.45, 7) is 2.52. The molecule has 0 spiro atoms. The van der Waals surface area contributed by atoms with Crippen molar-refractivity contribution in [3.63, 3.8) is 0 Å². The van der Waals surface area contributed by atoms with Gasteiger partial charge < -0.3 is 9.47 Å². The zero-order valence-corrected chi connectivity index (χ0v) is 14.6. The van der Waals surface area contributed by atoms with Crippen molar-refractivity contribution in [2.45, 2.75) is 25.2 Å². The van der Waals surface area contributed by atoms with Crippen LogP contribution in [0.5, 0.6) is 5.75 Å². The number of hydrogen-bond donors (Lipinski definition) is 0. The molecule has 2 aromatic carbocycles. The Bertz CT molecular complexity index is 837. The lowest BCUT2D eigenvalue weighted by atomic mass is 10.0. The van der Waals surface area contributed by atoms with Crippen LogP contribution in [0.1, 0.15) is 28.4 Å². The monoisotopic (exact) mass is 381 g/mol. The van der Waals surface area contributed by atoms with Gasteiger partial charge in [0.15, 0.2) is 0 Å². The Balaban J connectivity index is 1.48. The van der Waals surface area contributed by atoms with Gasteiger partial charge in [-0.25, -0.2) is 4.39 Å². The molecule has 0 aliphatic carbocycles. The molecule has 2 heterocycles. The molecule has 2 aromatic rings. The number of hydrogen-bond acceptors (Lipinski definition) is 3. The fourth-order valence-electron chi connectivity index (χ4n) is 3.62. The molecule has 1 unspecified atom stereocenters. The summed E-state index contributed by atoms with van der Waals surface area (Å²) in [5, 5.41) is 0. The molecule has 1 fully saturated rings. The standard InChI is InChI=1S/C20H19F4NO2/c21-17-8-13(7-16(10-17)20(22,23)24)11-25-4-6-27-19(12-25)14-1-2-18-15(9-14)3-5-26-18/h1-2,7-10,19H,3-6,11-12H2. The van der Waals surface area contributed by atoms with E-state index < -0.39 is 17.6 Å². The summed E-state index contributed by atoms with van der Waals surface area (Å²) in [7, 11) is 0. The van der Waals surface area contributed by atoms with Crippen LogP contribution in [0, 0.1) is 5.82 Å². The first-order chi connectivity index (χ1) is 12.9. The quantitative estimate of drug-likeness (QED) is 0.738. The summed E-state index contributed by atoms with van der Waals surface area (Å²) in [6, 6.07) is 8.66. The molecule has 0 radical (unpaired) electrons. The van der Waals surface area contributed by atoms with Gasteiger partial charge in [-0.15, -0.1) is 0 Å². The largest absolute Gasteiger partial charge is 0.493 e. The maximum absolute atomic E-state index is 13.6. The summed E-state index contributed by atoms with van der Waals surface area (Å²) in [5.74, 6) is 0.0223. The van der Waals surface area contributed by atoms with E-state index >= 15 is 0 Å². The van der Waals surface area contributed by atoms with Gasteiger partial charge in [-0.1, -0.05) is 6.07 Å². The highest BCUT2D eigenvalue weighted by molar-refractivity contribution is 5.40. The highest BCUT2D eigenvalue weighted by atomic mass is 19.4. The Labute approximate surface area is 154 Å². The van der Waals surface area contributed by atoms with Gasteiger partial charge in [0, 0.05) is 26.1 Å². The van der Waals surface area contributed by atoms with Crippen molar-refractivity contribution in [3.8, 4) is 5.75 Å². The summed E-state index contributed by atoms with van der Waals surface area (Å²) >= 11 is 0. The summed E-state index contributed by atoms with van der Waals surface area (Å²) in [4.78, 5) is 1.99. The molecule has 0 saturated carbocycles. The minimum Gasteiger partial charge on any atom is -0.493 e. The number of ether oxygens (including phenoxy) is 2. The molecule has 27 heavy (non-hydrogen) atoms. The number of rotatable bonds is 3. The summed E-state index contributed by atoms with van der Waals surface area (Å²) in [5.41, 5.74) is 1.53. The van der Waals surface area contributed by atoms with E-state index in [2.05, 4.69) is 6.07 Å². The van der Waals surface area contributed by atoms with Gasteiger partial charge >= 0.3 is 6.18 Å². The molecule has 0 amide bonds. The van der Waals surface area contributed by atoms with E-state index in [4.69, 9.17) is 9.47 Å². The van der Waals surface area contributed by atoms with Gasteiger partial charge in [-0.2, -0.15) is 13.2 Å². The van der Waals surface area contributed by atoms with Gasteiger partial charge in [-0.3, -0.25) is 4.90 Å². The van der Waals surface area contributed by atoms with Gasteiger partial charge in [0.2, 0.25) is 0 Å². The van der Waals surface area contributed by atoms with E-state index in [0.29, 0.717) is 37.9 Å². The maximum Gasteiger partial charge on any atom is 0.416 e. The molecule has 0 aromatic heterocycles. The molecule has 144 valence electrons. The maximum atomic E-state index is 13.6. The van der Waals surface area contributed by atoms with Gasteiger partial charge in [0.25, 0.3) is 0 Å². The van der Waals surface area contributed by atoms with E-state index in [0.717, 1.165) is 35.4 Å². The minimum absolute atomic E-state index is 0.166. The minimum atomic E-state index is -4.56. The van der Waals surface area contributed by atoms with Crippen LogP contribution in [0.2, 0.25) is 0 Å². The number of nitrogens with zero attached hydrogens (tertiary/aromatic N) is 1. The van der Waals surface area contributed by atoms with Crippen LogP contribution >= 0.6 is 0 Å². The normalized spacial score (nSPS) is 20.4.